The van der Waals surface area contributed by atoms with Crippen molar-refractivity contribution in [3.8, 4) is 0 Å². The fourth-order valence-corrected chi connectivity index (χ4v) is 2.62. The third-order valence-electron chi connectivity index (χ3n) is 3.66. The van der Waals surface area contributed by atoms with Gasteiger partial charge < -0.3 is 15.4 Å². The summed E-state index contributed by atoms with van der Waals surface area (Å²) in [7, 11) is 0. The van der Waals surface area contributed by atoms with Crippen molar-refractivity contribution in [3.05, 3.63) is 0 Å². The lowest BCUT2D eigenvalue weighted by molar-refractivity contribution is -0.126. The second-order valence-electron chi connectivity index (χ2n) is 4.75. The van der Waals surface area contributed by atoms with Crippen LogP contribution in [0.4, 0.5) is 0 Å². The number of nitrogens with one attached hydrogen (secondary N) is 2. The van der Waals surface area contributed by atoms with Gasteiger partial charge in [-0.1, -0.05) is 6.92 Å². The Morgan fingerprint density at radius 2 is 2.47 bits per heavy atom. The maximum atomic E-state index is 11.9. The largest absolute Gasteiger partial charge is 0.378 e. The molecule has 0 bridgehead atoms. The molecule has 2 fully saturated rings. The lowest BCUT2D eigenvalue weighted by Crippen LogP contribution is -2.53. The van der Waals surface area contributed by atoms with Crippen LogP contribution in [0.15, 0.2) is 0 Å². The summed E-state index contributed by atoms with van der Waals surface area (Å²) >= 11 is 0. The van der Waals surface area contributed by atoms with Crippen molar-refractivity contribution in [2.24, 2.45) is 0 Å². The number of carbonyl (C=O) groups is 1. The van der Waals surface area contributed by atoms with Gasteiger partial charge in [0.25, 0.3) is 0 Å². The van der Waals surface area contributed by atoms with Crippen molar-refractivity contribution >= 4 is 5.91 Å². The molecule has 2 saturated heterocycles. The van der Waals surface area contributed by atoms with Gasteiger partial charge in [0.1, 0.15) is 6.04 Å². The first-order valence-electron chi connectivity index (χ1n) is 6.64. The van der Waals surface area contributed by atoms with Gasteiger partial charge in [-0.25, -0.2) is 0 Å². The van der Waals surface area contributed by atoms with Gasteiger partial charge in [-0.3, -0.25) is 9.69 Å². The van der Waals surface area contributed by atoms with Gasteiger partial charge in [-0.15, -0.1) is 0 Å². The predicted molar refractivity (Wildman–Crippen MR) is 65.9 cm³/mol. The Hall–Kier alpha value is -0.650. The highest BCUT2D eigenvalue weighted by Gasteiger charge is 2.25. The molecule has 0 aliphatic carbocycles. The number of rotatable bonds is 4. The first-order chi connectivity index (χ1) is 8.31. The number of nitrogens with zero attached hydrogens (tertiary/aromatic N) is 1. The highest BCUT2D eigenvalue weighted by Crippen LogP contribution is 2.15. The van der Waals surface area contributed by atoms with Gasteiger partial charge in [-0.2, -0.15) is 0 Å². The molecule has 2 heterocycles. The molecule has 2 atom stereocenters. The first-order valence-corrected chi connectivity index (χ1v) is 6.64. The van der Waals surface area contributed by atoms with E-state index >= 15 is 0 Å². The van der Waals surface area contributed by atoms with Crippen molar-refractivity contribution in [2.75, 3.05) is 39.4 Å². The van der Waals surface area contributed by atoms with Crippen molar-refractivity contribution < 1.29 is 9.53 Å². The Morgan fingerprint density at radius 3 is 3.18 bits per heavy atom. The number of likely N-dealkylation sites (tertiary alicyclic amines) is 1. The number of amides is 1. The third-order valence-corrected chi connectivity index (χ3v) is 3.66. The normalized spacial score (nSPS) is 30.4. The Kier molecular flexibility index (Phi) is 4.76. The van der Waals surface area contributed by atoms with E-state index in [0.717, 1.165) is 19.6 Å². The van der Waals surface area contributed by atoms with Crippen LogP contribution in [-0.4, -0.2) is 62.3 Å². The first kappa shape index (κ1) is 12.8. The summed E-state index contributed by atoms with van der Waals surface area (Å²) in [6, 6.07) is 0.355. The maximum absolute atomic E-state index is 11.9. The van der Waals surface area contributed by atoms with Crippen molar-refractivity contribution in [3.63, 3.8) is 0 Å². The molecule has 0 spiro atoms. The van der Waals surface area contributed by atoms with Crippen LogP contribution in [0.3, 0.4) is 0 Å². The van der Waals surface area contributed by atoms with Gasteiger partial charge in [0.15, 0.2) is 0 Å². The summed E-state index contributed by atoms with van der Waals surface area (Å²) < 4.78 is 5.28. The summed E-state index contributed by atoms with van der Waals surface area (Å²) in [6.07, 6.45) is 2.45. The second-order valence-corrected chi connectivity index (χ2v) is 4.75. The Morgan fingerprint density at radius 1 is 1.59 bits per heavy atom. The monoisotopic (exact) mass is 241 g/mol. The van der Waals surface area contributed by atoms with Crippen molar-refractivity contribution in [1.29, 1.82) is 0 Å². The molecule has 0 aromatic rings. The average molecular weight is 241 g/mol. The second kappa shape index (κ2) is 6.33. The highest BCUT2D eigenvalue weighted by molar-refractivity contribution is 5.82. The summed E-state index contributed by atoms with van der Waals surface area (Å²) in [5.74, 6) is 0.0765. The number of hydrogen-bond acceptors (Lipinski definition) is 4. The number of likely N-dealkylation sites (N-methyl/N-ethyl adjacent to an activating group) is 1. The maximum Gasteiger partial charge on any atom is 0.239 e. The molecule has 0 aromatic carbocycles. The molecule has 5 heteroatoms. The molecule has 0 aromatic heterocycles. The van der Waals surface area contributed by atoms with Crippen molar-refractivity contribution in [1.82, 2.24) is 15.5 Å². The zero-order valence-corrected chi connectivity index (χ0v) is 10.6. The quantitative estimate of drug-likeness (QED) is 0.701. The zero-order valence-electron chi connectivity index (χ0n) is 10.6. The molecule has 1 amide bonds. The van der Waals surface area contributed by atoms with Crippen LogP contribution in [0.2, 0.25) is 0 Å². The standard InChI is InChI=1S/C12H23N3O2/c1-2-15-6-3-4-10(15)8-14-12(16)11-9-17-7-5-13-11/h10-11,13H,2-9H2,1H3,(H,14,16). The molecule has 98 valence electrons. The van der Waals surface area contributed by atoms with Gasteiger partial charge in [0.2, 0.25) is 5.91 Å². The molecule has 2 aliphatic heterocycles. The molecule has 0 saturated carbocycles. The average Bonchev–Trinajstić information content (AvgIpc) is 2.84. The Bertz CT molecular complexity index is 254. The van der Waals surface area contributed by atoms with E-state index in [1.165, 1.54) is 19.4 Å². The lowest BCUT2D eigenvalue weighted by Gasteiger charge is -2.26. The van der Waals surface area contributed by atoms with Crippen LogP contribution in [0.5, 0.6) is 0 Å². The highest BCUT2D eigenvalue weighted by atomic mass is 16.5. The van der Waals surface area contributed by atoms with E-state index in [9.17, 15) is 4.79 Å². The van der Waals surface area contributed by atoms with Gasteiger partial charge >= 0.3 is 0 Å². The van der Waals surface area contributed by atoms with E-state index in [-0.39, 0.29) is 11.9 Å². The van der Waals surface area contributed by atoms with Crippen LogP contribution in [0.25, 0.3) is 0 Å². The minimum atomic E-state index is -0.166. The van der Waals surface area contributed by atoms with E-state index in [2.05, 4.69) is 22.5 Å². The molecule has 2 rings (SSSR count). The number of carbonyl (C=O) groups excluding carboxylic acids is 1. The molecule has 2 aliphatic rings. The minimum Gasteiger partial charge on any atom is -0.378 e. The van der Waals surface area contributed by atoms with Crippen LogP contribution in [-0.2, 0) is 9.53 Å². The molecular weight excluding hydrogens is 218 g/mol. The molecular formula is C12H23N3O2. The summed E-state index contributed by atoms with van der Waals surface area (Å²) in [5.41, 5.74) is 0. The summed E-state index contributed by atoms with van der Waals surface area (Å²) in [5, 5.41) is 6.20. The molecule has 5 nitrogen and oxygen atoms in total. The number of hydrogen-bond donors (Lipinski definition) is 2. The summed E-state index contributed by atoms with van der Waals surface area (Å²) in [4.78, 5) is 14.3. The van der Waals surface area contributed by atoms with E-state index in [1.807, 2.05) is 0 Å². The van der Waals surface area contributed by atoms with Crippen molar-refractivity contribution in [2.45, 2.75) is 31.8 Å². The van der Waals surface area contributed by atoms with Gasteiger partial charge in [0.05, 0.1) is 13.2 Å². The van der Waals surface area contributed by atoms with Crippen LogP contribution >= 0.6 is 0 Å². The minimum absolute atomic E-state index is 0.0765. The van der Waals surface area contributed by atoms with E-state index in [4.69, 9.17) is 4.74 Å². The van der Waals surface area contributed by atoms with Gasteiger partial charge in [0, 0.05) is 19.1 Å². The Balaban J connectivity index is 1.71. The number of ether oxygens (including phenoxy) is 1. The fourth-order valence-electron chi connectivity index (χ4n) is 2.62. The zero-order chi connectivity index (χ0) is 12.1. The third kappa shape index (κ3) is 3.40. The number of morpholine rings is 1. The van der Waals surface area contributed by atoms with Crippen LogP contribution < -0.4 is 10.6 Å². The molecule has 0 radical (unpaired) electrons. The predicted octanol–water partition coefficient (Wildman–Crippen LogP) is -0.425. The van der Waals surface area contributed by atoms with E-state index in [1.54, 1.807) is 0 Å². The van der Waals surface area contributed by atoms with Crippen LogP contribution in [0.1, 0.15) is 19.8 Å². The Labute approximate surface area is 103 Å². The lowest BCUT2D eigenvalue weighted by atomic mass is 10.2. The van der Waals surface area contributed by atoms with Crippen LogP contribution in [0, 0.1) is 0 Å². The topological polar surface area (TPSA) is 53.6 Å². The van der Waals surface area contributed by atoms with Gasteiger partial charge in [-0.05, 0) is 25.9 Å². The molecule has 2 N–H and O–H groups in total. The smallest absolute Gasteiger partial charge is 0.239 e. The SMILES string of the molecule is CCN1CCCC1CNC(=O)C1COCCN1. The molecule has 2 unspecified atom stereocenters. The fraction of sp³-hybridized carbons (Fsp3) is 0.917. The van der Waals surface area contributed by atoms with E-state index < -0.39 is 0 Å². The summed E-state index contributed by atoms with van der Waals surface area (Å²) in [6.45, 7) is 7.15. The van der Waals surface area contributed by atoms with E-state index in [0.29, 0.717) is 19.3 Å². The molecule has 17 heavy (non-hydrogen) atoms.